The largest absolute Gasteiger partial charge is 0.292 e. The second kappa shape index (κ2) is 4.82. The molecule has 18 heavy (non-hydrogen) atoms. The van der Waals surface area contributed by atoms with Gasteiger partial charge in [0, 0.05) is 22.7 Å². The number of fused-ring (bicyclic) bond motifs is 1. The summed E-state index contributed by atoms with van der Waals surface area (Å²) in [5.41, 5.74) is 1.90. The Morgan fingerprint density at radius 3 is 2.72 bits per heavy atom. The Hall–Kier alpha value is -1.19. The fourth-order valence-electron chi connectivity index (χ4n) is 2.17. The Morgan fingerprint density at radius 1 is 1.22 bits per heavy atom. The van der Waals surface area contributed by atoms with Gasteiger partial charge in [-0.25, -0.2) is 4.98 Å². The van der Waals surface area contributed by atoms with Crippen molar-refractivity contribution < 1.29 is 4.79 Å². The second-order valence-electron chi connectivity index (χ2n) is 4.46. The van der Waals surface area contributed by atoms with Gasteiger partial charge in [-0.15, -0.1) is 11.3 Å². The topological polar surface area (TPSA) is 30.0 Å². The molecule has 3 rings (SSSR count). The lowest BCUT2D eigenvalue weighted by atomic mass is 10.0. The van der Waals surface area contributed by atoms with E-state index in [-0.39, 0.29) is 5.78 Å². The number of aryl methyl sites for hydroxylation is 1. The molecule has 2 nitrogen and oxygen atoms in total. The highest BCUT2D eigenvalue weighted by molar-refractivity contribution is 7.12. The van der Waals surface area contributed by atoms with E-state index in [0.29, 0.717) is 6.42 Å². The van der Waals surface area contributed by atoms with Crippen molar-refractivity contribution in [2.45, 2.75) is 25.7 Å². The highest BCUT2D eigenvalue weighted by atomic mass is 35.5. The lowest BCUT2D eigenvalue weighted by Gasteiger charge is -2.06. The third-order valence-electron chi connectivity index (χ3n) is 3.08. The minimum atomic E-state index is 0.204. The van der Waals surface area contributed by atoms with Crippen LogP contribution in [0.1, 0.15) is 38.8 Å². The number of nitrogens with zero attached hydrogens (tertiary/aromatic N) is 1. The van der Waals surface area contributed by atoms with Gasteiger partial charge in [-0.3, -0.25) is 4.79 Å². The van der Waals surface area contributed by atoms with Crippen LogP contribution in [-0.2, 0) is 12.8 Å². The van der Waals surface area contributed by atoms with E-state index < -0.39 is 0 Å². The lowest BCUT2D eigenvalue weighted by molar-refractivity contribution is 0.0968. The van der Waals surface area contributed by atoms with E-state index in [2.05, 4.69) is 4.98 Å². The van der Waals surface area contributed by atoms with Gasteiger partial charge in [-0.2, -0.15) is 0 Å². The van der Waals surface area contributed by atoms with Crippen LogP contribution in [0.15, 0.2) is 24.3 Å². The molecule has 0 atom stereocenters. The van der Waals surface area contributed by atoms with Crippen molar-refractivity contribution in [2.75, 3.05) is 0 Å². The molecule has 1 heterocycles. The van der Waals surface area contributed by atoms with Crippen LogP contribution in [0.5, 0.6) is 0 Å². The molecule has 0 saturated heterocycles. The molecule has 0 amide bonds. The van der Waals surface area contributed by atoms with Gasteiger partial charge in [0.05, 0.1) is 5.01 Å². The monoisotopic (exact) mass is 277 g/mol. The molecule has 4 heteroatoms. The van der Waals surface area contributed by atoms with Gasteiger partial charge in [-0.05, 0) is 30.5 Å². The number of halogens is 1. The van der Waals surface area contributed by atoms with E-state index in [0.717, 1.165) is 39.9 Å². The molecule has 0 aliphatic heterocycles. The minimum Gasteiger partial charge on any atom is -0.292 e. The van der Waals surface area contributed by atoms with Gasteiger partial charge in [0.15, 0.2) is 5.78 Å². The Kier molecular flexibility index (Phi) is 3.18. The number of thiazole rings is 1. The molecule has 2 aromatic rings. The van der Waals surface area contributed by atoms with E-state index in [1.807, 2.05) is 24.3 Å². The number of hydrogen-bond acceptors (Lipinski definition) is 3. The highest BCUT2D eigenvalue weighted by Gasteiger charge is 2.21. The van der Waals surface area contributed by atoms with Crippen molar-refractivity contribution in [1.82, 2.24) is 4.98 Å². The summed E-state index contributed by atoms with van der Waals surface area (Å²) in [4.78, 5) is 17.4. The number of Topliss-reactive ketones (excluding diaryl/α,β-unsaturated/α-hetero) is 1. The van der Waals surface area contributed by atoms with Gasteiger partial charge < -0.3 is 0 Å². The van der Waals surface area contributed by atoms with Crippen LogP contribution in [0.3, 0.4) is 0 Å². The van der Waals surface area contributed by atoms with Crippen molar-refractivity contribution in [3.05, 3.63) is 50.4 Å². The Morgan fingerprint density at radius 2 is 2.00 bits per heavy atom. The molecule has 1 aliphatic carbocycles. The molecule has 1 aliphatic rings. The first-order valence-corrected chi connectivity index (χ1v) is 7.18. The van der Waals surface area contributed by atoms with Crippen LogP contribution in [0.4, 0.5) is 0 Å². The summed E-state index contributed by atoms with van der Waals surface area (Å²) in [6, 6.07) is 7.78. The molecular weight excluding hydrogens is 266 g/mol. The molecule has 92 valence electrons. The summed E-state index contributed by atoms with van der Waals surface area (Å²) in [5.74, 6) is 0.204. The molecule has 0 unspecified atom stereocenters. The molecule has 0 saturated carbocycles. The third-order valence-corrected chi connectivity index (χ3v) is 4.45. The zero-order valence-corrected chi connectivity index (χ0v) is 11.4. The average Bonchev–Trinajstić information content (AvgIpc) is 2.76. The lowest BCUT2D eigenvalue weighted by Crippen LogP contribution is -2.08. The number of carbonyl (C=O) groups is 1. The molecule has 0 bridgehead atoms. The van der Waals surface area contributed by atoms with Crippen molar-refractivity contribution in [2.24, 2.45) is 0 Å². The van der Waals surface area contributed by atoms with E-state index in [1.54, 1.807) is 11.3 Å². The molecule has 1 aromatic heterocycles. The van der Waals surface area contributed by atoms with Gasteiger partial charge in [0.1, 0.15) is 5.69 Å². The van der Waals surface area contributed by atoms with Crippen LogP contribution in [0, 0.1) is 0 Å². The number of benzene rings is 1. The summed E-state index contributed by atoms with van der Waals surface area (Å²) >= 11 is 7.53. The van der Waals surface area contributed by atoms with E-state index in [1.165, 1.54) is 5.56 Å². The van der Waals surface area contributed by atoms with Crippen LogP contribution < -0.4 is 0 Å². The van der Waals surface area contributed by atoms with Crippen molar-refractivity contribution in [1.29, 1.82) is 0 Å². The second-order valence-corrected chi connectivity index (χ2v) is 6.06. The Balaban J connectivity index is 1.85. The maximum atomic E-state index is 11.7. The van der Waals surface area contributed by atoms with Crippen molar-refractivity contribution in [3.63, 3.8) is 0 Å². The van der Waals surface area contributed by atoms with Crippen LogP contribution >= 0.6 is 22.9 Å². The zero-order valence-electron chi connectivity index (χ0n) is 9.78. The zero-order chi connectivity index (χ0) is 12.5. The molecule has 1 aromatic carbocycles. The summed E-state index contributed by atoms with van der Waals surface area (Å²) in [5, 5.41) is 1.77. The normalized spacial score (nSPS) is 14.6. The van der Waals surface area contributed by atoms with E-state index in [4.69, 9.17) is 11.6 Å². The first kappa shape index (κ1) is 11.9. The van der Waals surface area contributed by atoms with Crippen molar-refractivity contribution in [3.8, 4) is 0 Å². The predicted octanol–water partition coefficient (Wildman–Crippen LogP) is 3.91. The SMILES string of the molecule is O=C1CCCc2sc(Cc3ccc(Cl)cc3)nc21. The highest BCUT2D eigenvalue weighted by Crippen LogP contribution is 2.28. The fourth-order valence-corrected chi connectivity index (χ4v) is 3.46. The van der Waals surface area contributed by atoms with E-state index >= 15 is 0 Å². The van der Waals surface area contributed by atoms with Crippen LogP contribution in [0.25, 0.3) is 0 Å². The molecule has 0 spiro atoms. The van der Waals surface area contributed by atoms with Gasteiger partial charge in [-0.1, -0.05) is 23.7 Å². The first-order valence-electron chi connectivity index (χ1n) is 5.98. The van der Waals surface area contributed by atoms with Crippen LogP contribution in [-0.4, -0.2) is 10.8 Å². The Bertz CT molecular complexity index is 588. The molecular formula is C14H12ClNOS. The number of aromatic nitrogens is 1. The number of ketones is 1. The summed E-state index contributed by atoms with van der Waals surface area (Å²) in [6.45, 7) is 0. The van der Waals surface area contributed by atoms with Gasteiger partial charge in [0.25, 0.3) is 0 Å². The summed E-state index contributed by atoms with van der Waals surface area (Å²) in [6.07, 6.45) is 3.40. The minimum absolute atomic E-state index is 0.204. The first-order chi connectivity index (χ1) is 8.72. The molecule has 0 radical (unpaired) electrons. The fraction of sp³-hybridized carbons (Fsp3) is 0.286. The summed E-state index contributed by atoms with van der Waals surface area (Å²) < 4.78 is 0. The average molecular weight is 278 g/mol. The molecule has 0 N–H and O–H groups in total. The summed E-state index contributed by atoms with van der Waals surface area (Å²) in [7, 11) is 0. The third kappa shape index (κ3) is 2.33. The standard InChI is InChI=1S/C14H12ClNOS/c15-10-6-4-9(5-7-10)8-13-16-14-11(17)2-1-3-12(14)18-13/h4-7H,1-3,8H2. The predicted molar refractivity (Wildman–Crippen MR) is 73.6 cm³/mol. The number of rotatable bonds is 2. The van der Waals surface area contributed by atoms with Crippen molar-refractivity contribution >= 4 is 28.7 Å². The maximum Gasteiger partial charge on any atom is 0.182 e. The Labute approximate surface area is 115 Å². The van der Waals surface area contributed by atoms with E-state index in [9.17, 15) is 4.79 Å². The van der Waals surface area contributed by atoms with Gasteiger partial charge >= 0.3 is 0 Å². The number of hydrogen-bond donors (Lipinski definition) is 0. The van der Waals surface area contributed by atoms with Crippen LogP contribution in [0.2, 0.25) is 5.02 Å². The molecule has 0 fully saturated rings. The quantitative estimate of drug-likeness (QED) is 0.833. The smallest absolute Gasteiger partial charge is 0.182 e. The van der Waals surface area contributed by atoms with Gasteiger partial charge in [0.2, 0.25) is 0 Å². The number of carbonyl (C=O) groups excluding carboxylic acids is 1. The maximum absolute atomic E-state index is 11.7.